The minimum atomic E-state index is -0.974. The van der Waals surface area contributed by atoms with Gasteiger partial charge in [0.25, 0.3) is 0 Å². The van der Waals surface area contributed by atoms with Crippen molar-refractivity contribution in [3.8, 4) is 0 Å². The van der Waals surface area contributed by atoms with Crippen molar-refractivity contribution in [2.24, 2.45) is 5.92 Å². The van der Waals surface area contributed by atoms with Crippen LogP contribution < -0.4 is 0 Å². The SMILES string of the molecule is CCN1CCC(Cn2cc(C(C)=O)cc2C(=O)O)C1. The van der Waals surface area contributed by atoms with Crippen LogP contribution in [0.4, 0.5) is 0 Å². The third-order valence-corrected chi connectivity index (χ3v) is 3.79. The molecule has 1 N–H and O–H groups in total. The van der Waals surface area contributed by atoms with Gasteiger partial charge in [0.2, 0.25) is 0 Å². The molecule has 5 heteroatoms. The number of aromatic carboxylic acids is 1. The standard InChI is InChI=1S/C14H20N2O3/c1-3-15-5-4-11(7-15)8-16-9-12(10(2)17)6-13(16)14(18)19/h6,9,11H,3-5,7-8H2,1-2H3,(H,18,19). The molecule has 1 aliphatic heterocycles. The van der Waals surface area contributed by atoms with Gasteiger partial charge in [0.15, 0.2) is 5.78 Å². The first-order valence-corrected chi connectivity index (χ1v) is 6.68. The van der Waals surface area contributed by atoms with Crippen molar-refractivity contribution < 1.29 is 14.7 Å². The van der Waals surface area contributed by atoms with Crippen LogP contribution in [0.15, 0.2) is 12.3 Å². The Morgan fingerprint density at radius 1 is 1.47 bits per heavy atom. The lowest BCUT2D eigenvalue weighted by Crippen LogP contribution is -2.22. The van der Waals surface area contributed by atoms with Gasteiger partial charge in [-0.3, -0.25) is 4.79 Å². The van der Waals surface area contributed by atoms with Gasteiger partial charge in [0.1, 0.15) is 5.69 Å². The van der Waals surface area contributed by atoms with E-state index in [9.17, 15) is 14.7 Å². The predicted molar refractivity (Wildman–Crippen MR) is 71.6 cm³/mol. The molecule has 1 fully saturated rings. The smallest absolute Gasteiger partial charge is 0.352 e. The first-order valence-electron chi connectivity index (χ1n) is 6.68. The Labute approximate surface area is 112 Å². The monoisotopic (exact) mass is 264 g/mol. The van der Waals surface area contributed by atoms with E-state index >= 15 is 0 Å². The first-order chi connectivity index (χ1) is 9.01. The molecule has 2 rings (SSSR count). The largest absolute Gasteiger partial charge is 0.477 e. The van der Waals surface area contributed by atoms with Crippen LogP contribution in [0.5, 0.6) is 0 Å². The molecule has 2 heterocycles. The molecule has 0 radical (unpaired) electrons. The number of carbonyl (C=O) groups is 2. The van der Waals surface area contributed by atoms with E-state index in [1.165, 1.54) is 13.0 Å². The molecule has 1 aromatic heterocycles. The highest BCUT2D eigenvalue weighted by atomic mass is 16.4. The van der Waals surface area contributed by atoms with Crippen LogP contribution in [0.25, 0.3) is 0 Å². The summed E-state index contributed by atoms with van der Waals surface area (Å²) in [5.74, 6) is -0.606. The highest BCUT2D eigenvalue weighted by Gasteiger charge is 2.23. The summed E-state index contributed by atoms with van der Waals surface area (Å²) in [4.78, 5) is 24.9. The van der Waals surface area contributed by atoms with Crippen LogP contribution in [0.3, 0.4) is 0 Å². The third-order valence-electron chi connectivity index (χ3n) is 3.79. The molecule has 0 bridgehead atoms. The zero-order valence-corrected chi connectivity index (χ0v) is 11.4. The number of rotatable bonds is 5. The molecule has 1 aliphatic rings. The summed E-state index contributed by atoms with van der Waals surface area (Å²) >= 11 is 0. The van der Waals surface area contributed by atoms with Gasteiger partial charge in [-0.15, -0.1) is 0 Å². The van der Waals surface area contributed by atoms with Crippen molar-refractivity contribution >= 4 is 11.8 Å². The molecule has 0 aromatic carbocycles. The highest BCUT2D eigenvalue weighted by Crippen LogP contribution is 2.20. The molecule has 19 heavy (non-hydrogen) atoms. The van der Waals surface area contributed by atoms with E-state index < -0.39 is 5.97 Å². The summed E-state index contributed by atoms with van der Waals surface area (Å²) in [5, 5.41) is 9.19. The number of hydrogen-bond donors (Lipinski definition) is 1. The zero-order chi connectivity index (χ0) is 14.0. The number of likely N-dealkylation sites (tertiary alicyclic amines) is 1. The number of carboxylic acids is 1. The second kappa shape index (κ2) is 5.57. The van der Waals surface area contributed by atoms with E-state index in [-0.39, 0.29) is 11.5 Å². The van der Waals surface area contributed by atoms with Crippen LogP contribution in [-0.2, 0) is 6.54 Å². The lowest BCUT2D eigenvalue weighted by Gasteiger charge is -2.14. The number of Topliss-reactive ketones (excluding diaryl/α,β-unsaturated/α-hetero) is 1. The second-order valence-corrected chi connectivity index (χ2v) is 5.18. The molecule has 1 atom stereocenters. The maximum Gasteiger partial charge on any atom is 0.352 e. The lowest BCUT2D eigenvalue weighted by molar-refractivity contribution is 0.0684. The van der Waals surface area contributed by atoms with Crippen molar-refractivity contribution in [2.75, 3.05) is 19.6 Å². The Morgan fingerprint density at radius 3 is 2.74 bits per heavy atom. The third kappa shape index (κ3) is 3.04. The second-order valence-electron chi connectivity index (χ2n) is 5.18. The van der Waals surface area contributed by atoms with Crippen molar-refractivity contribution in [3.63, 3.8) is 0 Å². The van der Waals surface area contributed by atoms with Crippen molar-refractivity contribution in [1.29, 1.82) is 0 Å². The number of carbonyl (C=O) groups excluding carboxylic acids is 1. The van der Waals surface area contributed by atoms with Crippen molar-refractivity contribution in [2.45, 2.75) is 26.8 Å². The topological polar surface area (TPSA) is 62.5 Å². The van der Waals surface area contributed by atoms with Crippen molar-refractivity contribution in [1.82, 2.24) is 9.47 Å². The molecular weight excluding hydrogens is 244 g/mol. The first kappa shape index (κ1) is 13.8. The molecule has 5 nitrogen and oxygen atoms in total. The van der Waals surface area contributed by atoms with E-state index in [0.29, 0.717) is 18.0 Å². The Kier molecular flexibility index (Phi) is 4.04. The van der Waals surface area contributed by atoms with Gasteiger partial charge in [-0.1, -0.05) is 6.92 Å². The number of carboxylic acid groups (broad SMARTS) is 1. The maximum atomic E-state index is 11.4. The highest BCUT2D eigenvalue weighted by molar-refractivity contribution is 5.97. The fourth-order valence-corrected chi connectivity index (χ4v) is 2.66. The Hall–Kier alpha value is -1.62. The average Bonchev–Trinajstić information content (AvgIpc) is 2.96. The Balaban J connectivity index is 2.15. The molecule has 104 valence electrons. The Morgan fingerprint density at radius 2 is 2.21 bits per heavy atom. The van der Waals surface area contributed by atoms with E-state index in [1.807, 2.05) is 0 Å². The van der Waals surface area contributed by atoms with Gasteiger partial charge in [-0.2, -0.15) is 0 Å². The van der Waals surface area contributed by atoms with Gasteiger partial charge in [0, 0.05) is 24.8 Å². The molecule has 0 spiro atoms. The summed E-state index contributed by atoms with van der Waals surface area (Å²) in [7, 11) is 0. The van der Waals surface area contributed by atoms with Crippen LogP contribution in [0.2, 0.25) is 0 Å². The molecule has 0 aliphatic carbocycles. The number of nitrogens with zero attached hydrogens (tertiary/aromatic N) is 2. The minimum absolute atomic E-state index is 0.0946. The molecule has 1 saturated heterocycles. The molecular formula is C14H20N2O3. The summed E-state index contributed by atoms with van der Waals surface area (Å²) in [6.07, 6.45) is 2.75. The lowest BCUT2D eigenvalue weighted by atomic mass is 10.1. The van der Waals surface area contributed by atoms with Gasteiger partial charge >= 0.3 is 5.97 Å². The average molecular weight is 264 g/mol. The van der Waals surface area contributed by atoms with E-state index in [4.69, 9.17) is 0 Å². The number of hydrogen-bond acceptors (Lipinski definition) is 3. The van der Waals surface area contributed by atoms with Gasteiger partial charge in [0.05, 0.1) is 0 Å². The number of ketones is 1. The van der Waals surface area contributed by atoms with Crippen LogP contribution in [0, 0.1) is 5.92 Å². The molecule has 1 unspecified atom stereocenters. The summed E-state index contributed by atoms with van der Waals surface area (Å²) in [5.41, 5.74) is 0.683. The van der Waals surface area contributed by atoms with Crippen LogP contribution in [-0.4, -0.2) is 46.0 Å². The van der Waals surface area contributed by atoms with Crippen molar-refractivity contribution in [3.05, 3.63) is 23.5 Å². The normalized spacial score (nSPS) is 19.8. The fraction of sp³-hybridized carbons (Fsp3) is 0.571. The van der Waals surface area contributed by atoms with Gasteiger partial charge in [-0.25, -0.2) is 4.79 Å². The molecule has 0 amide bonds. The minimum Gasteiger partial charge on any atom is -0.477 e. The summed E-state index contributed by atoms with van der Waals surface area (Å²) in [6, 6.07) is 1.47. The van der Waals surface area contributed by atoms with E-state index in [0.717, 1.165) is 26.1 Å². The van der Waals surface area contributed by atoms with E-state index in [1.54, 1.807) is 10.8 Å². The van der Waals surface area contributed by atoms with Gasteiger partial charge < -0.3 is 14.6 Å². The molecule has 0 saturated carbocycles. The summed E-state index contributed by atoms with van der Waals surface area (Å²) in [6.45, 7) is 7.37. The van der Waals surface area contributed by atoms with Crippen LogP contribution in [0.1, 0.15) is 41.1 Å². The van der Waals surface area contributed by atoms with E-state index in [2.05, 4.69) is 11.8 Å². The zero-order valence-electron chi connectivity index (χ0n) is 11.4. The fourth-order valence-electron chi connectivity index (χ4n) is 2.66. The van der Waals surface area contributed by atoms with Crippen LogP contribution >= 0.6 is 0 Å². The summed E-state index contributed by atoms with van der Waals surface area (Å²) < 4.78 is 1.71. The quantitative estimate of drug-likeness (QED) is 0.823. The number of aromatic nitrogens is 1. The maximum absolute atomic E-state index is 11.4. The predicted octanol–water partition coefficient (Wildman–Crippen LogP) is 1.73. The molecule has 1 aromatic rings. The Bertz CT molecular complexity index is 493. The van der Waals surface area contributed by atoms with Gasteiger partial charge in [-0.05, 0) is 38.4 Å².